The number of benzene rings is 3. The Kier molecular flexibility index (Phi) is 6.90. The van der Waals surface area contributed by atoms with E-state index >= 15 is 0 Å². The van der Waals surface area contributed by atoms with Gasteiger partial charge in [0.1, 0.15) is 25.0 Å². The number of carboxylic acids is 1. The van der Waals surface area contributed by atoms with Gasteiger partial charge in [0.15, 0.2) is 0 Å². The number of fused-ring (bicyclic) bond motifs is 1. The van der Waals surface area contributed by atoms with Crippen molar-refractivity contribution in [2.75, 3.05) is 0 Å². The van der Waals surface area contributed by atoms with Gasteiger partial charge in [0.25, 0.3) is 0 Å². The molecule has 0 aliphatic rings. The standard InChI is InChI=1S/C26H24N2O5/c29-25(30)24(15-18-5-2-1-3-6-18)28-26(31)33-16-19-9-11-21(12-10-19)32-17-20-7-4-8-23-22(20)13-14-27-23/h1-14,24,27H,15-17H2,(H,28,31)(H,29,30). The molecular formula is C26H24N2O5. The van der Waals surface area contributed by atoms with Crippen LogP contribution in [0.3, 0.4) is 0 Å². The van der Waals surface area contributed by atoms with E-state index in [2.05, 4.69) is 10.3 Å². The lowest BCUT2D eigenvalue weighted by molar-refractivity contribution is -0.139. The van der Waals surface area contributed by atoms with Crippen molar-refractivity contribution >= 4 is 23.0 Å². The van der Waals surface area contributed by atoms with Crippen molar-refractivity contribution in [1.82, 2.24) is 10.3 Å². The number of nitrogens with one attached hydrogen (secondary N) is 2. The summed E-state index contributed by atoms with van der Waals surface area (Å²) in [6.07, 6.45) is 1.30. The molecule has 1 heterocycles. The van der Waals surface area contributed by atoms with Gasteiger partial charge in [-0.15, -0.1) is 0 Å². The highest BCUT2D eigenvalue weighted by molar-refractivity contribution is 5.82. The van der Waals surface area contributed by atoms with Crippen molar-refractivity contribution in [1.29, 1.82) is 0 Å². The molecule has 4 rings (SSSR count). The largest absolute Gasteiger partial charge is 0.489 e. The van der Waals surface area contributed by atoms with Crippen molar-refractivity contribution in [3.8, 4) is 5.75 Å². The zero-order valence-electron chi connectivity index (χ0n) is 17.9. The Morgan fingerprint density at radius 3 is 2.42 bits per heavy atom. The average molecular weight is 444 g/mol. The Morgan fingerprint density at radius 2 is 1.67 bits per heavy atom. The van der Waals surface area contributed by atoms with Crippen LogP contribution in [0.4, 0.5) is 4.79 Å². The number of hydrogen-bond donors (Lipinski definition) is 3. The number of aromatic nitrogens is 1. The summed E-state index contributed by atoms with van der Waals surface area (Å²) in [6, 6.07) is 23.3. The molecule has 0 radical (unpaired) electrons. The van der Waals surface area contributed by atoms with Crippen LogP contribution < -0.4 is 10.1 Å². The second-order valence-corrected chi connectivity index (χ2v) is 7.59. The summed E-state index contributed by atoms with van der Waals surface area (Å²) in [5.74, 6) is -0.419. The first-order valence-electron chi connectivity index (χ1n) is 10.6. The van der Waals surface area contributed by atoms with Crippen LogP contribution in [0, 0.1) is 0 Å². The van der Waals surface area contributed by atoms with E-state index in [-0.39, 0.29) is 13.0 Å². The third-order valence-corrected chi connectivity index (χ3v) is 5.25. The van der Waals surface area contributed by atoms with E-state index in [0.717, 1.165) is 27.6 Å². The Morgan fingerprint density at radius 1 is 0.879 bits per heavy atom. The van der Waals surface area contributed by atoms with Crippen LogP contribution >= 0.6 is 0 Å². The number of carboxylic acid groups (broad SMARTS) is 1. The van der Waals surface area contributed by atoms with Crippen LogP contribution in [-0.4, -0.2) is 28.2 Å². The number of aliphatic carboxylic acids is 1. The fourth-order valence-electron chi connectivity index (χ4n) is 3.50. The fraction of sp³-hybridized carbons (Fsp3) is 0.154. The van der Waals surface area contributed by atoms with Gasteiger partial charge in [0.05, 0.1) is 0 Å². The van der Waals surface area contributed by atoms with Gasteiger partial charge >= 0.3 is 12.1 Å². The topological polar surface area (TPSA) is 101 Å². The molecule has 1 amide bonds. The molecule has 7 nitrogen and oxygen atoms in total. The lowest BCUT2D eigenvalue weighted by Crippen LogP contribution is -2.42. The van der Waals surface area contributed by atoms with Crippen molar-refractivity contribution < 1.29 is 24.2 Å². The smallest absolute Gasteiger partial charge is 0.408 e. The number of amides is 1. The summed E-state index contributed by atoms with van der Waals surface area (Å²) in [6.45, 7) is 0.456. The molecule has 0 bridgehead atoms. The SMILES string of the molecule is O=C(NC(Cc1ccccc1)C(=O)O)OCc1ccc(OCc2cccc3[nH]ccc23)cc1. The molecule has 0 saturated heterocycles. The Balaban J connectivity index is 1.26. The number of carbonyl (C=O) groups is 2. The molecule has 33 heavy (non-hydrogen) atoms. The van der Waals surface area contributed by atoms with Crippen LogP contribution in [0.25, 0.3) is 10.9 Å². The predicted molar refractivity (Wildman–Crippen MR) is 124 cm³/mol. The predicted octanol–water partition coefficient (Wildman–Crippen LogP) is 4.67. The summed E-state index contributed by atoms with van der Waals surface area (Å²) < 4.78 is 11.1. The van der Waals surface area contributed by atoms with Crippen LogP contribution in [0.5, 0.6) is 5.75 Å². The van der Waals surface area contributed by atoms with Gasteiger partial charge in [-0.1, -0.05) is 54.6 Å². The first kappa shape index (κ1) is 22.0. The second kappa shape index (κ2) is 10.4. The van der Waals surface area contributed by atoms with Gasteiger partial charge in [-0.3, -0.25) is 0 Å². The highest BCUT2D eigenvalue weighted by atomic mass is 16.5. The first-order valence-corrected chi connectivity index (χ1v) is 10.6. The molecule has 0 aliphatic carbocycles. The lowest BCUT2D eigenvalue weighted by atomic mass is 10.1. The van der Waals surface area contributed by atoms with Crippen LogP contribution in [-0.2, 0) is 29.2 Å². The number of ether oxygens (including phenoxy) is 2. The maximum atomic E-state index is 12.1. The number of H-pyrrole nitrogens is 1. The summed E-state index contributed by atoms with van der Waals surface area (Å²) in [5.41, 5.74) is 3.73. The molecule has 0 saturated carbocycles. The van der Waals surface area contributed by atoms with Crippen molar-refractivity contribution in [3.05, 3.63) is 102 Å². The molecule has 3 aromatic carbocycles. The van der Waals surface area contributed by atoms with E-state index in [9.17, 15) is 14.7 Å². The molecule has 0 fully saturated rings. The maximum Gasteiger partial charge on any atom is 0.408 e. The van der Waals surface area contributed by atoms with Crippen molar-refractivity contribution in [3.63, 3.8) is 0 Å². The van der Waals surface area contributed by atoms with Gasteiger partial charge in [-0.05, 0) is 41.0 Å². The minimum Gasteiger partial charge on any atom is -0.489 e. The molecular weight excluding hydrogens is 420 g/mol. The minimum absolute atomic E-state index is 0.0203. The van der Waals surface area contributed by atoms with Gasteiger partial charge in [-0.2, -0.15) is 0 Å². The Labute approximate surface area is 191 Å². The summed E-state index contributed by atoms with van der Waals surface area (Å²) in [4.78, 5) is 26.8. The van der Waals surface area contributed by atoms with Crippen molar-refractivity contribution in [2.45, 2.75) is 25.7 Å². The molecule has 1 atom stereocenters. The van der Waals surface area contributed by atoms with Gasteiger partial charge in [0, 0.05) is 23.5 Å². The molecule has 4 aromatic rings. The second-order valence-electron chi connectivity index (χ2n) is 7.59. The van der Waals surface area contributed by atoms with Crippen molar-refractivity contribution in [2.24, 2.45) is 0 Å². The molecule has 168 valence electrons. The quantitative estimate of drug-likeness (QED) is 0.348. The Bertz CT molecular complexity index is 1220. The summed E-state index contributed by atoms with van der Waals surface area (Å²) in [7, 11) is 0. The fourth-order valence-corrected chi connectivity index (χ4v) is 3.50. The lowest BCUT2D eigenvalue weighted by Gasteiger charge is -2.15. The van der Waals surface area contributed by atoms with E-state index in [4.69, 9.17) is 9.47 Å². The summed E-state index contributed by atoms with van der Waals surface area (Å²) >= 11 is 0. The maximum absolute atomic E-state index is 12.1. The Hall–Kier alpha value is -4.26. The first-order chi connectivity index (χ1) is 16.1. The number of alkyl carbamates (subject to hydrolysis) is 1. The van der Waals surface area contributed by atoms with Gasteiger partial charge in [-0.25, -0.2) is 9.59 Å². The van der Waals surface area contributed by atoms with E-state index in [1.54, 1.807) is 12.1 Å². The van der Waals surface area contributed by atoms with E-state index in [1.165, 1.54) is 0 Å². The van der Waals surface area contributed by atoms with Crippen LogP contribution in [0.1, 0.15) is 16.7 Å². The molecule has 3 N–H and O–H groups in total. The number of hydrogen-bond acceptors (Lipinski definition) is 4. The third-order valence-electron chi connectivity index (χ3n) is 5.25. The summed E-state index contributed by atoms with van der Waals surface area (Å²) in [5, 5.41) is 12.9. The third kappa shape index (κ3) is 5.92. The molecule has 7 heteroatoms. The van der Waals surface area contributed by atoms with Crippen LogP contribution in [0.2, 0.25) is 0 Å². The average Bonchev–Trinajstić information content (AvgIpc) is 3.32. The van der Waals surface area contributed by atoms with E-state index in [1.807, 2.05) is 72.9 Å². The van der Waals surface area contributed by atoms with Gasteiger partial charge < -0.3 is 24.9 Å². The number of aromatic amines is 1. The number of rotatable bonds is 9. The monoisotopic (exact) mass is 444 g/mol. The zero-order chi connectivity index (χ0) is 23.0. The van der Waals surface area contributed by atoms with E-state index < -0.39 is 18.1 Å². The van der Waals surface area contributed by atoms with Gasteiger partial charge in [0.2, 0.25) is 0 Å². The molecule has 1 unspecified atom stereocenters. The van der Waals surface area contributed by atoms with Crippen LogP contribution in [0.15, 0.2) is 85.1 Å². The minimum atomic E-state index is -1.12. The highest BCUT2D eigenvalue weighted by Crippen LogP contribution is 2.20. The molecule has 0 aliphatic heterocycles. The number of carbonyl (C=O) groups excluding carboxylic acids is 1. The molecule has 1 aromatic heterocycles. The highest BCUT2D eigenvalue weighted by Gasteiger charge is 2.21. The van der Waals surface area contributed by atoms with E-state index in [0.29, 0.717) is 12.4 Å². The normalized spacial score (nSPS) is 11.6. The molecule has 0 spiro atoms. The zero-order valence-corrected chi connectivity index (χ0v) is 17.9.